The summed E-state index contributed by atoms with van der Waals surface area (Å²) >= 11 is 0. The number of carbonyl (C=O) groups is 2. The van der Waals surface area contributed by atoms with Crippen molar-refractivity contribution in [3.8, 4) is 28.4 Å². The molecule has 0 saturated heterocycles. The van der Waals surface area contributed by atoms with Gasteiger partial charge in [-0.15, -0.1) is 0 Å². The van der Waals surface area contributed by atoms with Crippen molar-refractivity contribution in [1.29, 1.82) is 0 Å². The summed E-state index contributed by atoms with van der Waals surface area (Å²) in [7, 11) is 4.61. The third kappa shape index (κ3) is 5.99. The predicted octanol–water partition coefficient (Wildman–Crippen LogP) is 3.38. The van der Waals surface area contributed by atoms with Crippen LogP contribution in [0.2, 0.25) is 0 Å². The summed E-state index contributed by atoms with van der Waals surface area (Å²) in [6, 6.07) is 15.2. The largest absolute Gasteiger partial charge is 0.493 e. The lowest BCUT2D eigenvalue weighted by atomic mass is 10.2. The van der Waals surface area contributed by atoms with Crippen LogP contribution in [0.4, 0.5) is 5.95 Å². The van der Waals surface area contributed by atoms with Crippen LogP contribution < -0.4 is 14.8 Å². The summed E-state index contributed by atoms with van der Waals surface area (Å²) in [6.07, 6.45) is 4.00. The molecule has 2 amide bonds. The van der Waals surface area contributed by atoms with Gasteiger partial charge < -0.3 is 19.1 Å². The smallest absolute Gasteiger partial charge is 0.249 e. The first-order valence-corrected chi connectivity index (χ1v) is 11.5. The molecule has 1 fully saturated rings. The van der Waals surface area contributed by atoms with Crippen LogP contribution in [0.25, 0.3) is 16.9 Å². The van der Waals surface area contributed by atoms with Gasteiger partial charge in [0.25, 0.3) is 0 Å². The zero-order valence-electron chi connectivity index (χ0n) is 20.2. The first-order chi connectivity index (χ1) is 17.0. The molecule has 3 aromatic rings. The van der Waals surface area contributed by atoms with Crippen molar-refractivity contribution in [3.63, 3.8) is 0 Å². The Morgan fingerprint density at radius 3 is 2.46 bits per heavy atom. The molecule has 0 bridgehead atoms. The molecule has 1 aliphatic rings. The molecule has 35 heavy (non-hydrogen) atoms. The third-order valence-corrected chi connectivity index (χ3v) is 5.80. The molecule has 0 atom stereocenters. The van der Waals surface area contributed by atoms with E-state index in [-0.39, 0.29) is 25.0 Å². The van der Waals surface area contributed by atoms with Crippen LogP contribution >= 0.6 is 0 Å². The lowest BCUT2D eigenvalue weighted by molar-refractivity contribution is -0.138. The Bertz CT molecular complexity index is 1170. The van der Waals surface area contributed by atoms with Gasteiger partial charge in [-0.1, -0.05) is 30.3 Å². The number of methoxy groups -OCH3 is 3. The van der Waals surface area contributed by atoms with E-state index in [0.717, 1.165) is 24.1 Å². The van der Waals surface area contributed by atoms with Gasteiger partial charge in [0.15, 0.2) is 11.5 Å². The second kappa shape index (κ2) is 11.1. The topological polar surface area (TPSA) is 94.9 Å². The van der Waals surface area contributed by atoms with E-state index in [4.69, 9.17) is 14.2 Å². The number of aromatic nitrogens is 2. The van der Waals surface area contributed by atoms with E-state index in [1.54, 1.807) is 29.8 Å². The summed E-state index contributed by atoms with van der Waals surface area (Å²) in [6.45, 7) is 0.422. The van der Waals surface area contributed by atoms with Crippen LogP contribution in [0.15, 0.2) is 54.7 Å². The molecule has 0 spiro atoms. The molecule has 1 saturated carbocycles. The molecular formula is C26H30N4O5. The van der Waals surface area contributed by atoms with Gasteiger partial charge in [0, 0.05) is 31.5 Å². The Morgan fingerprint density at radius 1 is 1.06 bits per heavy atom. The van der Waals surface area contributed by atoms with Crippen LogP contribution in [0.5, 0.6) is 11.5 Å². The van der Waals surface area contributed by atoms with Gasteiger partial charge in [-0.2, -0.15) is 0 Å². The Morgan fingerprint density at radius 2 is 1.80 bits per heavy atom. The van der Waals surface area contributed by atoms with E-state index in [0.29, 0.717) is 35.6 Å². The third-order valence-electron chi connectivity index (χ3n) is 5.80. The zero-order valence-corrected chi connectivity index (χ0v) is 20.2. The second-order valence-electron chi connectivity index (χ2n) is 8.42. The molecular weight excluding hydrogens is 448 g/mol. The first-order valence-electron chi connectivity index (χ1n) is 11.5. The average molecular weight is 479 g/mol. The van der Waals surface area contributed by atoms with Crippen molar-refractivity contribution in [2.24, 2.45) is 5.92 Å². The highest BCUT2D eigenvalue weighted by atomic mass is 16.5. The fourth-order valence-corrected chi connectivity index (χ4v) is 3.81. The van der Waals surface area contributed by atoms with Crippen LogP contribution in [-0.2, 0) is 14.3 Å². The van der Waals surface area contributed by atoms with Crippen molar-refractivity contribution in [2.75, 3.05) is 46.3 Å². The number of nitrogens with zero attached hydrogens (tertiary/aromatic N) is 3. The van der Waals surface area contributed by atoms with Gasteiger partial charge in [-0.25, -0.2) is 4.98 Å². The molecule has 184 valence electrons. The zero-order chi connectivity index (χ0) is 24.8. The van der Waals surface area contributed by atoms with Crippen molar-refractivity contribution >= 4 is 17.8 Å². The summed E-state index contributed by atoms with van der Waals surface area (Å²) in [5, 5.41) is 2.89. The van der Waals surface area contributed by atoms with Crippen molar-refractivity contribution < 1.29 is 23.8 Å². The highest BCUT2D eigenvalue weighted by Crippen LogP contribution is 2.32. The van der Waals surface area contributed by atoms with Gasteiger partial charge >= 0.3 is 0 Å². The highest BCUT2D eigenvalue weighted by molar-refractivity contribution is 5.94. The molecule has 9 heteroatoms. The molecule has 0 radical (unpaired) electrons. The Hall–Kier alpha value is -3.85. The van der Waals surface area contributed by atoms with Gasteiger partial charge in [0.2, 0.25) is 17.8 Å². The summed E-state index contributed by atoms with van der Waals surface area (Å²) in [4.78, 5) is 31.8. The molecule has 1 aromatic heterocycles. The maximum absolute atomic E-state index is 13.0. The molecule has 4 rings (SSSR count). The van der Waals surface area contributed by atoms with Gasteiger partial charge in [0.1, 0.15) is 13.2 Å². The minimum absolute atomic E-state index is 0.0571. The van der Waals surface area contributed by atoms with Crippen LogP contribution in [-0.4, -0.2) is 67.3 Å². The molecule has 9 nitrogen and oxygen atoms in total. The minimum Gasteiger partial charge on any atom is -0.493 e. The quantitative estimate of drug-likeness (QED) is 0.454. The van der Waals surface area contributed by atoms with E-state index in [9.17, 15) is 9.59 Å². The number of imidazole rings is 1. The van der Waals surface area contributed by atoms with Gasteiger partial charge in [-0.3, -0.25) is 19.5 Å². The standard InChI is InChI=1S/C26H30N4O5/c1-33-17-25(32)29(14-18-9-10-18)16-24(31)28-26-27-21(19-7-5-4-6-8-19)15-30(26)20-11-12-22(34-2)23(13-20)35-3/h4-8,11-13,15,18H,9-10,14,16-17H2,1-3H3,(H,27,28,31). The summed E-state index contributed by atoms with van der Waals surface area (Å²) in [5.74, 6) is 1.40. The lowest BCUT2D eigenvalue weighted by Crippen LogP contribution is -2.41. The van der Waals surface area contributed by atoms with E-state index in [2.05, 4.69) is 10.3 Å². The fourth-order valence-electron chi connectivity index (χ4n) is 3.81. The van der Waals surface area contributed by atoms with E-state index < -0.39 is 0 Å². The minimum atomic E-state index is -0.331. The maximum atomic E-state index is 13.0. The van der Waals surface area contributed by atoms with Crippen molar-refractivity contribution in [2.45, 2.75) is 12.8 Å². The number of amides is 2. The predicted molar refractivity (Wildman–Crippen MR) is 132 cm³/mol. The van der Waals surface area contributed by atoms with Crippen molar-refractivity contribution in [1.82, 2.24) is 14.5 Å². The van der Waals surface area contributed by atoms with E-state index in [1.165, 1.54) is 7.11 Å². The number of hydrogen-bond donors (Lipinski definition) is 1. The summed E-state index contributed by atoms with van der Waals surface area (Å²) < 4.78 is 17.6. The summed E-state index contributed by atoms with van der Waals surface area (Å²) in [5.41, 5.74) is 2.34. The van der Waals surface area contributed by atoms with Crippen LogP contribution in [0.1, 0.15) is 12.8 Å². The molecule has 1 aliphatic carbocycles. The van der Waals surface area contributed by atoms with E-state index in [1.807, 2.05) is 48.7 Å². The number of carbonyl (C=O) groups excluding carboxylic acids is 2. The van der Waals surface area contributed by atoms with Gasteiger partial charge in [-0.05, 0) is 30.9 Å². The number of anilines is 1. The molecule has 0 unspecified atom stereocenters. The Labute approximate surface area is 204 Å². The van der Waals surface area contributed by atoms with Gasteiger partial charge in [0.05, 0.1) is 25.6 Å². The molecule has 2 aromatic carbocycles. The number of ether oxygens (including phenoxy) is 3. The van der Waals surface area contributed by atoms with Crippen LogP contribution in [0.3, 0.4) is 0 Å². The normalized spacial score (nSPS) is 12.8. The maximum Gasteiger partial charge on any atom is 0.249 e. The molecule has 0 aliphatic heterocycles. The number of hydrogen-bond acceptors (Lipinski definition) is 6. The fraction of sp³-hybridized carbons (Fsp3) is 0.346. The number of rotatable bonds is 11. The highest BCUT2D eigenvalue weighted by Gasteiger charge is 2.28. The Balaban J connectivity index is 1.63. The monoisotopic (exact) mass is 478 g/mol. The van der Waals surface area contributed by atoms with Crippen molar-refractivity contribution in [3.05, 3.63) is 54.7 Å². The number of benzene rings is 2. The van der Waals surface area contributed by atoms with Crippen LogP contribution in [0, 0.1) is 5.92 Å². The molecule has 1 heterocycles. The van der Waals surface area contributed by atoms with E-state index >= 15 is 0 Å². The number of nitrogens with one attached hydrogen (secondary N) is 1. The lowest BCUT2D eigenvalue weighted by Gasteiger charge is -2.21. The molecule has 1 N–H and O–H groups in total. The first kappa shape index (κ1) is 24.3. The SMILES string of the molecule is COCC(=O)N(CC(=O)Nc1nc(-c2ccccc2)cn1-c1ccc(OC)c(OC)c1)CC1CC1. The Kier molecular flexibility index (Phi) is 7.67. The average Bonchev–Trinajstić information content (AvgIpc) is 3.60. The second-order valence-corrected chi connectivity index (χ2v) is 8.42.